The number of nitrogens with one attached hydrogen (secondary N) is 2. The minimum absolute atomic E-state index is 0.227. The van der Waals surface area contributed by atoms with Crippen molar-refractivity contribution in [2.75, 3.05) is 12.4 Å². The predicted octanol–water partition coefficient (Wildman–Crippen LogP) is 1.48. The number of carbonyl (C=O) groups is 1. The smallest absolute Gasteiger partial charge is 0.317 e. The van der Waals surface area contributed by atoms with Gasteiger partial charge in [0, 0.05) is 12.4 Å². The lowest BCUT2D eigenvalue weighted by Crippen LogP contribution is -2.43. The number of hydrogen-bond acceptors (Lipinski definition) is 1. The summed E-state index contributed by atoms with van der Waals surface area (Å²) in [6.45, 7) is 0.227. The number of urea groups is 1. The van der Waals surface area contributed by atoms with E-state index in [-0.39, 0.29) is 6.54 Å². The first-order valence-corrected chi connectivity index (χ1v) is 4.14. The summed E-state index contributed by atoms with van der Waals surface area (Å²) in [6, 6.07) is -0.960. The van der Waals surface area contributed by atoms with Crippen molar-refractivity contribution in [3.05, 3.63) is 0 Å². The number of halogens is 4. The first kappa shape index (κ1) is 12.3. The minimum atomic E-state index is -3.21. The molecule has 0 aliphatic carbocycles. The van der Waals surface area contributed by atoms with Gasteiger partial charge < -0.3 is 10.6 Å². The van der Waals surface area contributed by atoms with Gasteiger partial charge in [-0.25, -0.2) is 18.0 Å². The van der Waals surface area contributed by atoms with Gasteiger partial charge in [-0.1, -0.05) is 0 Å². The highest BCUT2D eigenvalue weighted by atomic mass is 35.5. The average molecular weight is 219 g/mol. The topological polar surface area (TPSA) is 41.1 Å². The third-order valence-electron chi connectivity index (χ3n) is 1.09. The van der Waals surface area contributed by atoms with Crippen molar-refractivity contribution < 1.29 is 18.0 Å². The summed E-state index contributed by atoms with van der Waals surface area (Å²) in [7, 11) is 0. The van der Waals surface area contributed by atoms with Crippen LogP contribution < -0.4 is 10.6 Å². The number of alkyl halides is 4. The van der Waals surface area contributed by atoms with Crippen molar-refractivity contribution in [3.63, 3.8) is 0 Å². The molecule has 0 spiro atoms. The van der Waals surface area contributed by atoms with Crippen LogP contribution in [0.3, 0.4) is 0 Å². The van der Waals surface area contributed by atoms with E-state index in [1.165, 1.54) is 5.32 Å². The molecule has 7 heteroatoms. The monoisotopic (exact) mass is 218 g/mol. The minimum Gasteiger partial charge on any atom is -0.338 e. The van der Waals surface area contributed by atoms with E-state index in [0.717, 1.165) is 0 Å². The zero-order chi connectivity index (χ0) is 10.3. The van der Waals surface area contributed by atoms with Crippen molar-refractivity contribution in [1.29, 1.82) is 0 Å². The molecule has 0 fully saturated rings. The quantitative estimate of drug-likeness (QED) is 0.410. The Balaban J connectivity index is 3.50. The summed E-state index contributed by atoms with van der Waals surface area (Å²) in [6.07, 6.45) is -5.34. The summed E-state index contributed by atoms with van der Waals surface area (Å²) < 4.78 is 35.2. The van der Waals surface area contributed by atoms with Crippen molar-refractivity contribution in [1.82, 2.24) is 10.6 Å². The van der Waals surface area contributed by atoms with E-state index in [2.05, 4.69) is 5.32 Å². The van der Waals surface area contributed by atoms with E-state index in [1.54, 1.807) is 0 Å². The van der Waals surface area contributed by atoms with Gasteiger partial charge >= 0.3 is 6.03 Å². The summed E-state index contributed by atoms with van der Waals surface area (Å²) in [5.41, 5.74) is 0. The highest BCUT2D eigenvalue weighted by Crippen LogP contribution is 2.00. The van der Waals surface area contributed by atoms with E-state index >= 15 is 0 Å². The number of amides is 2. The van der Waals surface area contributed by atoms with Gasteiger partial charge in [-0.05, 0) is 6.42 Å². The molecule has 2 amide bonds. The molecule has 0 aromatic rings. The van der Waals surface area contributed by atoms with Crippen LogP contribution in [-0.4, -0.2) is 31.2 Å². The molecular formula is C6H10ClF3N2O. The number of hydrogen-bond donors (Lipinski definition) is 2. The second-order valence-electron chi connectivity index (χ2n) is 2.18. The van der Waals surface area contributed by atoms with E-state index in [1.807, 2.05) is 0 Å². The Bertz CT molecular complexity index is 159. The SMILES string of the molecule is O=C(NCCCCl)NC(F)C(F)F. The molecule has 78 valence electrons. The zero-order valence-corrected chi connectivity index (χ0v) is 7.45. The lowest BCUT2D eigenvalue weighted by Gasteiger charge is -2.10. The maximum atomic E-state index is 12.1. The maximum Gasteiger partial charge on any atom is 0.317 e. The van der Waals surface area contributed by atoms with E-state index in [9.17, 15) is 18.0 Å². The second kappa shape index (κ2) is 6.82. The Hall–Kier alpha value is -0.650. The van der Waals surface area contributed by atoms with Crippen LogP contribution in [0.25, 0.3) is 0 Å². The van der Waals surface area contributed by atoms with Gasteiger partial charge in [0.1, 0.15) is 0 Å². The predicted molar refractivity (Wildman–Crippen MR) is 42.8 cm³/mol. The standard InChI is InChI=1S/C6H10ClF3N2O/c7-2-1-3-11-6(13)12-5(10)4(8)9/h4-5H,1-3H2,(H2,11,12,13). The highest BCUT2D eigenvalue weighted by molar-refractivity contribution is 6.17. The lowest BCUT2D eigenvalue weighted by molar-refractivity contribution is 0.0369. The van der Waals surface area contributed by atoms with Gasteiger partial charge in [-0.15, -0.1) is 11.6 Å². The van der Waals surface area contributed by atoms with Crippen LogP contribution in [0, 0.1) is 0 Å². The fourth-order valence-corrected chi connectivity index (χ4v) is 0.642. The molecule has 0 aliphatic rings. The molecule has 13 heavy (non-hydrogen) atoms. The van der Waals surface area contributed by atoms with Gasteiger partial charge in [0.2, 0.25) is 6.30 Å². The Morgan fingerprint density at radius 1 is 1.38 bits per heavy atom. The Morgan fingerprint density at radius 2 is 2.00 bits per heavy atom. The van der Waals surface area contributed by atoms with Crippen molar-refractivity contribution in [2.45, 2.75) is 19.1 Å². The maximum absolute atomic E-state index is 12.1. The molecule has 0 rings (SSSR count). The normalized spacial score (nSPS) is 12.7. The summed E-state index contributed by atoms with van der Waals surface area (Å²) in [5.74, 6) is 0.341. The van der Waals surface area contributed by atoms with Gasteiger partial charge in [0.05, 0.1) is 0 Å². The van der Waals surface area contributed by atoms with E-state index < -0.39 is 18.8 Å². The molecule has 2 N–H and O–H groups in total. The summed E-state index contributed by atoms with van der Waals surface area (Å²) in [4.78, 5) is 10.6. The molecule has 0 bridgehead atoms. The first-order chi connectivity index (χ1) is 6.07. The molecule has 0 radical (unpaired) electrons. The Kier molecular flexibility index (Phi) is 6.48. The molecule has 0 saturated heterocycles. The third kappa shape index (κ3) is 6.51. The van der Waals surface area contributed by atoms with Crippen LogP contribution in [0.5, 0.6) is 0 Å². The molecule has 1 unspecified atom stereocenters. The fraction of sp³-hybridized carbons (Fsp3) is 0.833. The molecular weight excluding hydrogens is 209 g/mol. The molecule has 3 nitrogen and oxygen atoms in total. The Labute approximate surface area is 78.6 Å². The average Bonchev–Trinajstić information content (AvgIpc) is 2.04. The molecule has 0 aromatic carbocycles. The van der Waals surface area contributed by atoms with Crippen molar-refractivity contribution >= 4 is 17.6 Å². The van der Waals surface area contributed by atoms with Crippen LogP contribution in [0.15, 0.2) is 0 Å². The van der Waals surface area contributed by atoms with Crippen LogP contribution in [0.1, 0.15) is 6.42 Å². The van der Waals surface area contributed by atoms with Crippen LogP contribution in [0.4, 0.5) is 18.0 Å². The summed E-state index contributed by atoms with van der Waals surface area (Å²) in [5, 5.41) is 3.59. The zero-order valence-electron chi connectivity index (χ0n) is 6.70. The number of carbonyl (C=O) groups excluding carboxylic acids is 1. The fourth-order valence-electron chi connectivity index (χ4n) is 0.508. The molecule has 1 atom stereocenters. The highest BCUT2D eigenvalue weighted by Gasteiger charge is 2.20. The van der Waals surface area contributed by atoms with Crippen LogP contribution in [-0.2, 0) is 0 Å². The van der Waals surface area contributed by atoms with Crippen LogP contribution >= 0.6 is 11.6 Å². The van der Waals surface area contributed by atoms with Gasteiger partial charge in [-0.2, -0.15) is 0 Å². The first-order valence-electron chi connectivity index (χ1n) is 3.60. The molecule has 0 heterocycles. The largest absolute Gasteiger partial charge is 0.338 e. The van der Waals surface area contributed by atoms with Crippen molar-refractivity contribution in [2.24, 2.45) is 0 Å². The molecule has 0 aliphatic heterocycles. The van der Waals surface area contributed by atoms with E-state index in [0.29, 0.717) is 12.3 Å². The van der Waals surface area contributed by atoms with Gasteiger partial charge in [0.15, 0.2) is 0 Å². The second-order valence-corrected chi connectivity index (χ2v) is 2.56. The lowest BCUT2D eigenvalue weighted by atomic mass is 10.5. The molecule has 0 saturated carbocycles. The third-order valence-corrected chi connectivity index (χ3v) is 1.35. The summed E-state index contributed by atoms with van der Waals surface area (Å²) >= 11 is 5.28. The van der Waals surface area contributed by atoms with Gasteiger partial charge in [-0.3, -0.25) is 0 Å². The number of rotatable bonds is 5. The van der Waals surface area contributed by atoms with Gasteiger partial charge in [0.25, 0.3) is 6.43 Å². The van der Waals surface area contributed by atoms with Crippen LogP contribution in [0.2, 0.25) is 0 Å². The van der Waals surface area contributed by atoms with E-state index in [4.69, 9.17) is 11.6 Å². The molecule has 0 aromatic heterocycles. The Morgan fingerprint density at radius 3 is 2.46 bits per heavy atom. The van der Waals surface area contributed by atoms with Crippen molar-refractivity contribution in [3.8, 4) is 0 Å².